The average molecular weight is 415 g/mol. The van der Waals surface area contributed by atoms with Crippen molar-refractivity contribution in [2.24, 2.45) is 10.9 Å². The van der Waals surface area contributed by atoms with E-state index in [-0.39, 0.29) is 5.91 Å². The molecule has 1 fully saturated rings. The van der Waals surface area contributed by atoms with Crippen LogP contribution < -0.4 is 4.74 Å². The van der Waals surface area contributed by atoms with Gasteiger partial charge in [-0.2, -0.15) is 4.99 Å². The first-order valence-electron chi connectivity index (χ1n) is 8.87. The molecule has 0 radical (unpaired) electrons. The van der Waals surface area contributed by atoms with E-state index < -0.39 is 0 Å². The van der Waals surface area contributed by atoms with Crippen LogP contribution >= 0.6 is 23.1 Å². The van der Waals surface area contributed by atoms with Crippen LogP contribution in [0.1, 0.15) is 24.4 Å². The van der Waals surface area contributed by atoms with Gasteiger partial charge in [0.05, 0.1) is 12.0 Å². The molecule has 1 aromatic heterocycles. The number of nitrogens with zero attached hydrogens (tertiary/aromatic N) is 4. The standard InChI is InChI=1S/C20H22N4O2S2/c1-5-9-24-18(25)16(12-14-7-6-8-15(11-14)26-4)27-20(24)21-19-23-22-17(28-19)10-13(2)3/h5-8,11-13H,1,9-10H2,2-4H3/b16-12+,21-20?. The van der Waals surface area contributed by atoms with Crippen molar-refractivity contribution in [1.82, 2.24) is 15.1 Å². The second-order valence-corrected chi connectivity index (χ2v) is 8.61. The molecule has 28 heavy (non-hydrogen) atoms. The summed E-state index contributed by atoms with van der Waals surface area (Å²) in [7, 11) is 1.62. The molecule has 0 bridgehead atoms. The minimum Gasteiger partial charge on any atom is -0.497 e. The number of methoxy groups -OCH3 is 1. The molecule has 1 amide bonds. The fourth-order valence-corrected chi connectivity index (χ4v) is 4.54. The van der Waals surface area contributed by atoms with Crippen molar-refractivity contribution < 1.29 is 9.53 Å². The Morgan fingerprint density at radius 1 is 1.36 bits per heavy atom. The molecule has 0 atom stereocenters. The Bertz CT molecular complexity index is 934. The zero-order chi connectivity index (χ0) is 20.1. The van der Waals surface area contributed by atoms with Crippen molar-refractivity contribution in [3.05, 3.63) is 52.4 Å². The maximum atomic E-state index is 12.8. The predicted octanol–water partition coefficient (Wildman–Crippen LogP) is 4.54. The molecule has 0 N–H and O–H groups in total. The number of hydrogen-bond acceptors (Lipinski definition) is 7. The van der Waals surface area contributed by atoms with E-state index in [1.807, 2.05) is 30.3 Å². The van der Waals surface area contributed by atoms with Crippen LogP contribution in [0.4, 0.5) is 5.13 Å². The highest BCUT2D eigenvalue weighted by atomic mass is 32.2. The Kier molecular flexibility index (Phi) is 6.64. The average Bonchev–Trinajstić information content (AvgIpc) is 3.21. The molecule has 3 rings (SSSR count). The second kappa shape index (κ2) is 9.16. The Labute approximate surface area is 173 Å². The van der Waals surface area contributed by atoms with Crippen molar-refractivity contribution in [3.63, 3.8) is 0 Å². The zero-order valence-electron chi connectivity index (χ0n) is 16.1. The van der Waals surface area contributed by atoms with Gasteiger partial charge in [0, 0.05) is 13.0 Å². The number of amidine groups is 1. The fourth-order valence-electron chi connectivity index (χ4n) is 2.57. The fraction of sp³-hybridized carbons (Fsp3) is 0.300. The number of ether oxygens (including phenoxy) is 1. The van der Waals surface area contributed by atoms with Gasteiger partial charge in [-0.1, -0.05) is 43.4 Å². The molecule has 8 heteroatoms. The first kappa shape index (κ1) is 20.3. The first-order valence-corrected chi connectivity index (χ1v) is 10.5. The Morgan fingerprint density at radius 3 is 2.89 bits per heavy atom. The number of benzene rings is 1. The molecule has 146 valence electrons. The van der Waals surface area contributed by atoms with E-state index in [0.717, 1.165) is 22.7 Å². The van der Waals surface area contributed by atoms with Gasteiger partial charge in [-0.3, -0.25) is 9.69 Å². The van der Waals surface area contributed by atoms with Crippen LogP contribution in [-0.2, 0) is 11.2 Å². The zero-order valence-corrected chi connectivity index (χ0v) is 17.7. The summed E-state index contributed by atoms with van der Waals surface area (Å²) in [6.07, 6.45) is 4.40. The van der Waals surface area contributed by atoms with E-state index >= 15 is 0 Å². The number of hydrogen-bond donors (Lipinski definition) is 0. The van der Waals surface area contributed by atoms with Crippen LogP contribution in [0.5, 0.6) is 5.75 Å². The summed E-state index contributed by atoms with van der Waals surface area (Å²) in [5, 5.41) is 10.4. The maximum Gasteiger partial charge on any atom is 0.267 e. The lowest BCUT2D eigenvalue weighted by Crippen LogP contribution is -2.29. The van der Waals surface area contributed by atoms with Gasteiger partial charge in [0.2, 0.25) is 5.13 Å². The third-order valence-corrected chi connectivity index (χ3v) is 5.67. The molecular weight excluding hydrogens is 392 g/mol. The van der Waals surface area contributed by atoms with Crippen LogP contribution in [0.25, 0.3) is 6.08 Å². The van der Waals surface area contributed by atoms with Gasteiger partial charge in [-0.15, -0.1) is 16.8 Å². The summed E-state index contributed by atoms with van der Waals surface area (Å²) in [6, 6.07) is 7.58. The summed E-state index contributed by atoms with van der Waals surface area (Å²) < 4.78 is 5.25. The molecule has 6 nitrogen and oxygen atoms in total. The van der Waals surface area contributed by atoms with Crippen LogP contribution in [0, 0.1) is 5.92 Å². The monoisotopic (exact) mass is 414 g/mol. The van der Waals surface area contributed by atoms with Crippen LogP contribution in [-0.4, -0.2) is 39.8 Å². The highest BCUT2D eigenvalue weighted by Gasteiger charge is 2.33. The van der Waals surface area contributed by atoms with Gasteiger partial charge in [0.15, 0.2) is 5.17 Å². The van der Waals surface area contributed by atoms with Crippen molar-refractivity contribution in [1.29, 1.82) is 0 Å². The molecule has 1 aromatic carbocycles. The van der Waals surface area contributed by atoms with E-state index in [9.17, 15) is 4.79 Å². The van der Waals surface area contributed by atoms with E-state index in [2.05, 4.69) is 35.6 Å². The number of rotatable bonds is 7. The summed E-state index contributed by atoms with van der Waals surface area (Å²) >= 11 is 2.79. The lowest BCUT2D eigenvalue weighted by Gasteiger charge is -2.11. The molecule has 0 saturated carbocycles. The Hall–Kier alpha value is -2.45. The summed E-state index contributed by atoms with van der Waals surface area (Å²) in [5.74, 6) is 1.15. The molecule has 1 saturated heterocycles. The summed E-state index contributed by atoms with van der Waals surface area (Å²) in [6.45, 7) is 8.41. The summed E-state index contributed by atoms with van der Waals surface area (Å²) in [4.78, 5) is 19.6. The maximum absolute atomic E-state index is 12.8. The molecule has 1 aliphatic heterocycles. The SMILES string of the molecule is C=CCN1C(=O)/C(=C\c2cccc(OC)c2)SC1=Nc1nnc(CC(C)C)s1. The highest BCUT2D eigenvalue weighted by molar-refractivity contribution is 8.18. The minimum atomic E-state index is -0.0987. The van der Waals surface area contributed by atoms with Gasteiger partial charge < -0.3 is 4.74 Å². The minimum absolute atomic E-state index is 0.0987. The van der Waals surface area contributed by atoms with Crippen LogP contribution in [0.3, 0.4) is 0 Å². The largest absolute Gasteiger partial charge is 0.497 e. The van der Waals surface area contributed by atoms with Gasteiger partial charge in [-0.05, 0) is 41.5 Å². The number of thioether (sulfide) groups is 1. The van der Waals surface area contributed by atoms with Gasteiger partial charge >= 0.3 is 0 Å². The lowest BCUT2D eigenvalue weighted by molar-refractivity contribution is -0.121. The summed E-state index contributed by atoms with van der Waals surface area (Å²) in [5.41, 5.74) is 0.894. The molecule has 2 heterocycles. The number of carbonyl (C=O) groups is 1. The molecule has 2 aromatic rings. The smallest absolute Gasteiger partial charge is 0.267 e. The lowest BCUT2D eigenvalue weighted by atomic mass is 10.1. The predicted molar refractivity (Wildman–Crippen MR) is 116 cm³/mol. The molecule has 0 spiro atoms. The topological polar surface area (TPSA) is 67.7 Å². The highest BCUT2D eigenvalue weighted by Crippen LogP contribution is 2.35. The van der Waals surface area contributed by atoms with Crippen molar-refractivity contribution in [2.45, 2.75) is 20.3 Å². The van der Waals surface area contributed by atoms with E-state index in [1.165, 1.54) is 23.1 Å². The van der Waals surface area contributed by atoms with Crippen LogP contribution in [0.2, 0.25) is 0 Å². The second-order valence-electron chi connectivity index (χ2n) is 6.56. The first-order chi connectivity index (χ1) is 13.5. The molecule has 0 unspecified atom stereocenters. The molecular formula is C20H22N4O2S2. The van der Waals surface area contributed by atoms with E-state index in [4.69, 9.17) is 4.74 Å². The number of aromatic nitrogens is 2. The van der Waals surface area contributed by atoms with Crippen molar-refractivity contribution in [2.75, 3.05) is 13.7 Å². The number of aliphatic imine (C=N–C) groups is 1. The van der Waals surface area contributed by atoms with Gasteiger partial charge in [0.1, 0.15) is 10.8 Å². The van der Waals surface area contributed by atoms with E-state index in [1.54, 1.807) is 18.1 Å². The number of carbonyl (C=O) groups excluding carboxylic acids is 1. The van der Waals surface area contributed by atoms with Crippen LogP contribution in [0.15, 0.2) is 46.8 Å². The Balaban J connectivity index is 1.88. The van der Waals surface area contributed by atoms with Crippen molar-refractivity contribution >= 4 is 45.4 Å². The normalized spacial score (nSPS) is 17.1. The third-order valence-electron chi connectivity index (χ3n) is 3.82. The van der Waals surface area contributed by atoms with E-state index in [0.29, 0.717) is 27.7 Å². The molecule has 0 aliphatic carbocycles. The Morgan fingerprint density at radius 2 is 2.18 bits per heavy atom. The third kappa shape index (κ3) is 4.88. The van der Waals surface area contributed by atoms with Gasteiger partial charge in [0.25, 0.3) is 5.91 Å². The molecule has 1 aliphatic rings. The van der Waals surface area contributed by atoms with Gasteiger partial charge in [-0.25, -0.2) is 0 Å². The number of amides is 1. The van der Waals surface area contributed by atoms with Crippen molar-refractivity contribution in [3.8, 4) is 5.75 Å². The quantitative estimate of drug-likeness (QED) is 0.492.